The molecule has 3 heterocycles. The lowest BCUT2D eigenvalue weighted by Gasteiger charge is -2.48. The Kier molecular flexibility index (Phi) is 4.10. The van der Waals surface area contributed by atoms with Gasteiger partial charge < -0.3 is 10.0 Å². The standard InChI is InChI=1S/C14H21ClN4O/c1-10-6-18-5-3-2-4-11(18)7-19(10)14-12(8-20)13(15)16-9-17-14/h9-11,20H,2-8H2,1H3. The van der Waals surface area contributed by atoms with Crippen LogP contribution >= 0.6 is 11.6 Å². The van der Waals surface area contributed by atoms with Gasteiger partial charge in [0, 0.05) is 25.2 Å². The molecule has 3 rings (SSSR count). The van der Waals surface area contributed by atoms with Crippen molar-refractivity contribution in [3.63, 3.8) is 0 Å². The molecule has 2 fully saturated rings. The highest BCUT2D eigenvalue weighted by Gasteiger charge is 2.34. The Hall–Kier alpha value is -0.910. The lowest BCUT2D eigenvalue weighted by atomic mass is 9.97. The predicted octanol–water partition coefficient (Wildman–Crippen LogP) is 1.69. The fourth-order valence-corrected chi connectivity index (χ4v) is 3.60. The summed E-state index contributed by atoms with van der Waals surface area (Å²) in [5, 5.41) is 9.90. The van der Waals surface area contributed by atoms with Gasteiger partial charge in [0.2, 0.25) is 0 Å². The Labute approximate surface area is 124 Å². The summed E-state index contributed by atoms with van der Waals surface area (Å²) in [5.41, 5.74) is 0.644. The van der Waals surface area contributed by atoms with Gasteiger partial charge in [-0.25, -0.2) is 9.97 Å². The van der Waals surface area contributed by atoms with Crippen molar-refractivity contribution in [1.29, 1.82) is 0 Å². The molecule has 0 bridgehead atoms. The maximum Gasteiger partial charge on any atom is 0.140 e. The average Bonchev–Trinajstić information content (AvgIpc) is 2.46. The zero-order valence-electron chi connectivity index (χ0n) is 11.8. The van der Waals surface area contributed by atoms with Crippen molar-refractivity contribution in [3.8, 4) is 0 Å². The molecule has 110 valence electrons. The number of aliphatic hydroxyl groups is 1. The first-order chi connectivity index (χ1) is 9.70. The van der Waals surface area contributed by atoms with E-state index >= 15 is 0 Å². The molecule has 1 N–H and O–H groups in total. The smallest absolute Gasteiger partial charge is 0.140 e. The Bertz CT molecular complexity index is 484. The van der Waals surface area contributed by atoms with Crippen LogP contribution in [-0.2, 0) is 6.61 Å². The van der Waals surface area contributed by atoms with Crippen LogP contribution in [0, 0.1) is 0 Å². The number of nitrogens with zero attached hydrogens (tertiary/aromatic N) is 4. The van der Waals surface area contributed by atoms with Gasteiger partial charge in [-0.2, -0.15) is 0 Å². The van der Waals surface area contributed by atoms with Gasteiger partial charge in [0.05, 0.1) is 12.2 Å². The summed E-state index contributed by atoms with van der Waals surface area (Å²) in [6.45, 7) is 5.31. The zero-order chi connectivity index (χ0) is 14.1. The summed E-state index contributed by atoms with van der Waals surface area (Å²) >= 11 is 6.09. The van der Waals surface area contributed by atoms with Crippen LogP contribution in [0.2, 0.25) is 5.15 Å². The molecule has 0 aliphatic carbocycles. The van der Waals surface area contributed by atoms with Crippen LogP contribution in [0.4, 0.5) is 5.82 Å². The molecule has 2 aliphatic rings. The van der Waals surface area contributed by atoms with Crippen molar-refractivity contribution in [3.05, 3.63) is 17.0 Å². The second-order valence-electron chi connectivity index (χ2n) is 5.77. The fraction of sp³-hybridized carbons (Fsp3) is 0.714. The van der Waals surface area contributed by atoms with E-state index in [1.54, 1.807) is 0 Å². The van der Waals surface area contributed by atoms with Crippen LogP contribution in [0.25, 0.3) is 0 Å². The Morgan fingerprint density at radius 2 is 2.20 bits per heavy atom. The number of piperazine rings is 1. The second kappa shape index (κ2) is 5.84. The largest absolute Gasteiger partial charge is 0.391 e. The Morgan fingerprint density at radius 3 is 3.00 bits per heavy atom. The van der Waals surface area contributed by atoms with Crippen molar-refractivity contribution < 1.29 is 5.11 Å². The monoisotopic (exact) mass is 296 g/mol. The molecule has 0 saturated carbocycles. The van der Waals surface area contributed by atoms with E-state index in [4.69, 9.17) is 11.6 Å². The Morgan fingerprint density at radius 1 is 1.35 bits per heavy atom. The molecule has 0 spiro atoms. The number of rotatable bonds is 2. The molecule has 2 saturated heterocycles. The van der Waals surface area contributed by atoms with Gasteiger partial charge in [0.1, 0.15) is 17.3 Å². The summed E-state index contributed by atoms with van der Waals surface area (Å²) < 4.78 is 0. The van der Waals surface area contributed by atoms with Crippen LogP contribution in [0.1, 0.15) is 31.7 Å². The third kappa shape index (κ3) is 2.50. The second-order valence-corrected chi connectivity index (χ2v) is 6.13. The molecule has 2 aliphatic heterocycles. The number of anilines is 1. The molecular formula is C14H21ClN4O. The summed E-state index contributed by atoms with van der Waals surface area (Å²) in [7, 11) is 0. The van der Waals surface area contributed by atoms with Gasteiger partial charge >= 0.3 is 0 Å². The van der Waals surface area contributed by atoms with Crippen molar-refractivity contribution in [1.82, 2.24) is 14.9 Å². The first-order valence-electron chi connectivity index (χ1n) is 7.31. The number of hydrogen-bond donors (Lipinski definition) is 1. The normalized spacial score (nSPS) is 27.4. The number of fused-ring (bicyclic) bond motifs is 1. The van der Waals surface area contributed by atoms with Crippen molar-refractivity contribution in [2.75, 3.05) is 24.5 Å². The summed E-state index contributed by atoms with van der Waals surface area (Å²) in [5.74, 6) is 0.797. The molecular weight excluding hydrogens is 276 g/mol. The molecule has 0 aromatic carbocycles. The van der Waals surface area contributed by atoms with E-state index in [-0.39, 0.29) is 6.61 Å². The highest BCUT2D eigenvalue weighted by Crippen LogP contribution is 2.30. The molecule has 5 nitrogen and oxygen atoms in total. The summed E-state index contributed by atoms with van der Waals surface area (Å²) in [4.78, 5) is 13.2. The average molecular weight is 297 g/mol. The van der Waals surface area contributed by atoms with Gasteiger partial charge in [-0.15, -0.1) is 0 Å². The number of aromatic nitrogens is 2. The minimum atomic E-state index is -0.118. The lowest BCUT2D eigenvalue weighted by molar-refractivity contribution is 0.115. The molecule has 0 amide bonds. The molecule has 1 aromatic heterocycles. The first-order valence-corrected chi connectivity index (χ1v) is 7.69. The third-order valence-electron chi connectivity index (χ3n) is 4.49. The van der Waals surface area contributed by atoms with E-state index in [0.29, 0.717) is 22.8 Å². The van der Waals surface area contributed by atoms with Crippen LogP contribution in [0.3, 0.4) is 0 Å². The van der Waals surface area contributed by atoms with Crippen molar-refractivity contribution in [2.45, 2.75) is 44.9 Å². The zero-order valence-corrected chi connectivity index (χ0v) is 12.6. The van der Waals surface area contributed by atoms with Crippen LogP contribution in [-0.4, -0.2) is 51.7 Å². The first kappa shape index (κ1) is 14.0. The highest BCUT2D eigenvalue weighted by molar-refractivity contribution is 6.30. The predicted molar refractivity (Wildman–Crippen MR) is 79.0 cm³/mol. The van der Waals surface area contributed by atoms with E-state index in [2.05, 4.69) is 26.7 Å². The van der Waals surface area contributed by atoms with E-state index in [0.717, 1.165) is 18.9 Å². The molecule has 0 radical (unpaired) electrons. The quantitative estimate of drug-likeness (QED) is 0.842. The summed E-state index contributed by atoms with van der Waals surface area (Å²) in [6.07, 6.45) is 5.35. The van der Waals surface area contributed by atoms with Gasteiger partial charge in [0.15, 0.2) is 0 Å². The van der Waals surface area contributed by atoms with Crippen LogP contribution < -0.4 is 4.90 Å². The molecule has 1 aromatic rings. The topological polar surface area (TPSA) is 52.5 Å². The molecule has 6 heteroatoms. The van der Waals surface area contributed by atoms with Gasteiger partial charge in [0.25, 0.3) is 0 Å². The van der Waals surface area contributed by atoms with Crippen LogP contribution in [0.5, 0.6) is 0 Å². The molecule has 20 heavy (non-hydrogen) atoms. The Balaban J connectivity index is 1.88. The molecule has 2 atom stereocenters. The number of aliphatic hydroxyl groups excluding tert-OH is 1. The van der Waals surface area contributed by atoms with Gasteiger partial charge in [-0.05, 0) is 26.3 Å². The van der Waals surface area contributed by atoms with Crippen molar-refractivity contribution >= 4 is 17.4 Å². The lowest BCUT2D eigenvalue weighted by Crippen LogP contribution is -2.59. The van der Waals surface area contributed by atoms with Gasteiger partial charge in [-0.3, -0.25) is 4.90 Å². The van der Waals surface area contributed by atoms with E-state index in [9.17, 15) is 5.11 Å². The minimum absolute atomic E-state index is 0.118. The highest BCUT2D eigenvalue weighted by atomic mass is 35.5. The number of halogens is 1. The fourth-order valence-electron chi connectivity index (χ4n) is 3.41. The van der Waals surface area contributed by atoms with E-state index < -0.39 is 0 Å². The molecule has 2 unspecified atom stereocenters. The maximum absolute atomic E-state index is 9.55. The van der Waals surface area contributed by atoms with E-state index in [1.165, 1.54) is 32.1 Å². The maximum atomic E-state index is 9.55. The third-order valence-corrected chi connectivity index (χ3v) is 4.81. The minimum Gasteiger partial charge on any atom is -0.391 e. The number of hydrogen-bond acceptors (Lipinski definition) is 5. The van der Waals surface area contributed by atoms with Crippen molar-refractivity contribution in [2.24, 2.45) is 0 Å². The number of piperidine rings is 1. The van der Waals surface area contributed by atoms with E-state index in [1.807, 2.05) is 0 Å². The summed E-state index contributed by atoms with van der Waals surface area (Å²) in [6, 6.07) is 0.973. The SMILES string of the molecule is CC1CN2CCCCC2CN1c1ncnc(Cl)c1CO. The van der Waals surface area contributed by atoms with Gasteiger partial charge in [-0.1, -0.05) is 18.0 Å². The van der Waals surface area contributed by atoms with Crippen LogP contribution in [0.15, 0.2) is 6.33 Å².